The minimum atomic E-state index is -0.192. The second kappa shape index (κ2) is 9.48. The highest BCUT2D eigenvalue weighted by Crippen LogP contribution is 2.12. The molecule has 7 heteroatoms. The Morgan fingerprint density at radius 2 is 2.24 bits per heavy atom. The number of hydrogen-bond donors (Lipinski definition) is 2. The van der Waals surface area contributed by atoms with Gasteiger partial charge in [-0.3, -0.25) is 9.78 Å². The Balaban J connectivity index is 0. The molecule has 1 amide bonds. The maximum absolute atomic E-state index is 11.6. The molecule has 0 saturated carbocycles. The fourth-order valence-electron chi connectivity index (χ4n) is 1.07. The molecule has 3 N–H and O–H groups in total. The first-order valence-corrected chi connectivity index (χ1v) is 5.12. The third-order valence-electron chi connectivity index (χ3n) is 1.90. The number of nitrogens with zero attached hydrogens (tertiary/aromatic N) is 1. The van der Waals surface area contributed by atoms with Gasteiger partial charge in [-0.15, -0.1) is 24.8 Å². The molecule has 1 rings (SSSR count). The lowest BCUT2D eigenvalue weighted by Crippen LogP contribution is -2.29. The van der Waals surface area contributed by atoms with Gasteiger partial charge in [0.25, 0.3) is 5.91 Å². The zero-order valence-electron chi connectivity index (χ0n) is 9.35. The van der Waals surface area contributed by atoms with Crippen LogP contribution in [0.3, 0.4) is 0 Å². The number of hydrogen-bond acceptors (Lipinski definition) is 3. The lowest BCUT2D eigenvalue weighted by molar-refractivity contribution is 0.0953. The zero-order valence-corrected chi connectivity index (χ0v) is 11.7. The molecule has 1 aromatic heterocycles. The number of aromatic nitrogens is 1. The maximum atomic E-state index is 11.6. The van der Waals surface area contributed by atoms with Crippen molar-refractivity contribution in [3.05, 3.63) is 29.0 Å². The van der Waals surface area contributed by atoms with Gasteiger partial charge in [-0.25, -0.2) is 0 Å². The van der Waals surface area contributed by atoms with E-state index in [1.165, 1.54) is 12.4 Å². The molecule has 0 saturated heterocycles. The first-order chi connectivity index (χ1) is 7.11. The Morgan fingerprint density at radius 3 is 2.76 bits per heavy atom. The number of amides is 1. The molecule has 4 nitrogen and oxygen atoms in total. The highest BCUT2D eigenvalue weighted by atomic mass is 35.5. The smallest absolute Gasteiger partial charge is 0.252 e. The molecular weight excluding hydrogens is 284 g/mol. The molecule has 0 aromatic carbocycles. The van der Waals surface area contributed by atoms with Crippen molar-refractivity contribution >= 4 is 42.3 Å². The van der Waals surface area contributed by atoms with Crippen molar-refractivity contribution in [1.29, 1.82) is 0 Å². The summed E-state index contributed by atoms with van der Waals surface area (Å²) in [5, 5.41) is 3.10. The van der Waals surface area contributed by atoms with Gasteiger partial charge in [0.2, 0.25) is 0 Å². The van der Waals surface area contributed by atoms with Crippen LogP contribution in [0.4, 0.5) is 0 Å². The number of nitrogens with two attached hydrogens (primary N) is 1. The van der Waals surface area contributed by atoms with E-state index in [-0.39, 0.29) is 36.8 Å². The number of pyridine rings is 1. The number of nitrogens with one attached hydrogen (secondary N) is 1. The second-order valence-corrected chi connectivity index (χ2v) is 3.78. The number of carbonyl (C=O) groups excluding carboxylic acids is 1. The Hall–Kier alpha value is -0.550. The van der Waals surface area contributed by atoms with Crippen LogP contribution < -0.4 is 11.1 Å². The topological polar surface area (TPSA) is 68.0 Å². The summed E-state index contributed by atoms with van der Waals surface area (Å²) in [5.74, 6) is -0.192. The van der Waals surface area contributed by atoms with E-state index in [9.17, 15) is 4.79 Å². The lowest BCUT2D eigenvalue weighted by Gasteiger charge is -2.07. The highest BCUT2D eigenvalue weighted by molar-refractivity contribution is 6.33. The quantitative estimate of drug-likeness (QED) is 0.894. The van der Waals surface area contributed by atoms with Gasteiger partial charge in [0.15, 0.2) is 0 Å². The molecule has 0 bridgehead atoms. The summed E-state index contributed by atoms with van der Waals surface area (Å²) in [7, 11) is 0. The van der Waals surface area contributed by atoms with E-state index in [0.717, 1.165) is 6.42 Å². The van der Waals surface area contributed by atoms with Crippen molar-refractivity contribution in [2.75, 3.05) is 6.54 Å². The molecule has 1 heterocycles. The van der Waals surface area contributed by atoms with Crippen LogP contribution in [0, 0.1) is 0 Å². The van der Waals surface area contributed by atoms with Gasteiger partial charge < -0.3 is 11.1 Å². The summed E-state index contributed by atoms with van der Waals surface area (Å²) in [6.07, 6.45) is 3.73. The standard InChI is InChI=1S/C10H14ClN3O.2ClH/c1-7(12)2-5-14-10(15)8-3-4-13-6-9(8)11;;/h3-4,6-7H,2,5,12H2,1H3,(H,14,15);2*1H. The van der Waals surface area contributed by atoms with Gasteiger partial charge in [-0.2, -0.15) is 0 Å². The van der Waals surface area contributed by atoms with Gasteiger partial charge in [0, 0.05) is 25.0 Å². The second-order valence-electron chi connectivity index (χ2n) is 3.38. The predicted molar refractivity (Wildman–Crippen MR) is 74.3 cm³/mol. The summed E-state index contributed by atoms with van der Waals surface area (Å²) in [6.45, 7) is 2.45. The van der Waals surface area contributed by atoms with Crippen molar-refractivity contribution < 1.29 is 4.79 Å². The maximum Gasteiger partial charge on any atom is 0.252 e. The van der Waals surface area contributed by atoms with Crippen LogP contribution in [-0.4, -0.2) is 23.5 Å². The summed E-state index contributed by atoms with van der Waals surface area (Å²) < 4.78 is 0. The number of halogens is 3. The molecule has 0 fully saturated rings. The fraction of sp³-hybridized carbons (Fsp3) is 0.400. The van der Waals surface area contributed by atoms with Crippen LogP contribution in [0.2, 0.25) is 5.02 Å². The van der Waals surface area contributed by atoms with Crippen LogP contribution in [-0.2, 0) is 0 Å². The number of carbonyl (C=O) groups is 1. The van der Waals surface area contributed by atoms with Gasteiger partial charge in [0.05, 0.1) is 10.6 Å². The van der Waals surface area contributed by atoms with Crippen LogP contribution in [0.15, 0.2) is 18.5 Å². The van der Waals surface area contributed by atoms with E-state index in [1.807, 2.05) is 6.92 Å². The molecule has 0 aliphatic carbocycles. The van der Waals surface area contributed by atoms with Gasteiger partial charge >= 0.3 is 0 Å². The fourth-order valence-corrected chi connectivity index (χ4v) is 1.27. The molecule has 0 aliphatic heterocycles. The Morgan fingerprint density at radius 1 is 1.59 bits per heavy atom. The van der Waals surface area contributed by atoms with Crippen molar-refractivity contribution in [3.63, 3.8) is 0 Å². The molecule has 1 aromatic rings. The minimum absolute atomic E-state index is 0. The van der Waals surface area contributed by atoms with E-state index < -0.39 is 0 Å². The molecule has 1 atom stereocenters. The Labute approximate surface area is 118 Å². The van der Waals surface area contributed by atoms with E-state index >= 15 is 0 Å². The van der Waals surface area contributed by atoms with Crippen molar-refractivity contribution in [3.8, 4) is 0 Å². The molecule has 0 aliphatic rings. The monoisotopic (exact) mass is 299 g/mol. The van der Waals surface area contributed by atoms with Crippen molar-refractivity contribution in [2.45, 2.75) is 19.4 Å². The Bertz CT molecular complexity index is 347. The first kappa shape index (κ1) is 18.8. The summed E-state index contributed by atoms with van der Waals surface area (Å²) in [5.41, 5.74) is 6.00. The molecule has 0 spiro atoms. The SMILES string of the molecule is CC(N)CCNC(=O)c1ccncc1Cl.Cl.Cl. The largest absolute Gasteiger partial charge is 0.352 e. The molecule has 17 heavy (non-hydrogen) atoms. The average molecular weight is 301 g/mol. The molecule has 1 unspecified atom stereocenters. The van der Waals surface area contributed by atoms with Gasteiger partial charge in [0.1, 0.15) is 0 Å². The van der Waals surface area contributed by atoms with E-state index in [1.54, 1.807) is 6.07 Å². The minimum Gasteiger partial charge on any atom is -0.352 e. The van der Waals surface area contributed by atoms with E-state index in [2.05, 4.69) is 10.3 Å². The van der Waals surface area contributed by atoms with Crippen molar-refractivity contribution in [1.82, 2.24) is 10.3 Å². The van der Waals surface area contributed by atoms with Gasteiger partial charge in [-0.1, -0.05) is 11.6 Å². The summed E-state index contributed by atoms with van der Waals surface area (Å²) in [4.78, 5) is 15.4. The average Bonchev–Trinajstić information content (AvgIpc) is 2.17. The molecule has 98 valence electrons. The summed E-state index contributed by atoms with van der Waals surface area (Å²) >= 11 is 5.81. The van der Waals surface area contributed by atoms with Crippen LogP contribution in [0.1, 0.15) is 23.7 Å². The van der Waals surface area contributed by atoms with E-state index in [4.69, 9.17) is 17.3 Å². The number of rotatable bonds is 4. The van der Waals surface area contributed by atoms with Gasteiger partial charge in [-0.05, 0) is 19.4 Å². The third kappa shape index (κ3) is 6.68. The predicted octanol–water partition coefficient (Wildman–Crippen LogP) is 2.05. The normalized spacial score (nSPS) is 10.8. The molecular formula is C10H16Cl3N3O. The zero-order chi connectivity index (χ0) is 11.3. The van der Waals surface area contributed by atoms with E-state index in [0.29, 0.717) is 17.1 Å². The molecule has 0 radical (unpaired) electrons. The third-order valence-corrected chi connectivity index (χ3v) is 2.20. The van der Waals surface area contributed by atoms with Crippen LogP contribution in [0.25, 0.3) is 0 Å². The van der Waals surface area contributed by atoms with Crippen LogP contribution >= 0.6 is 36.4 Å². The lowest BCUT2D eigenvalue weighted by atomic mass is 10.2. The summed E-state index contributed by atoms with van der Waals surface area (Å²) in [6, 6.07) is 1.67. The van der Waals surface area contributed by atoms with Crippen LogP contribution in [0.5, 0.6) is 0 Å². The van der Waals surface area contributed by atoms with Crippen molar-refractivity contribution in [2.24, 2.45) is 5.73 Å². The first-order valence-electron chi connectivity index (χ1n) is 4.74. The Kier molecular flexibility index (Phi) is 10.5. The highest BCUT2D eigenvalue weighted by Gasteiger charge is 2.08.